The molecule has 4 rings (SSSR count). The van der Waals surface area contributed by atoms with Crippen molar-refractivity contribution in [1.82, 2.24) is 0 Å². The second kappa shape index (κ2) is 4.45. The van der Waals surface area contributed by atoms with Crippen LogP contribution in [0.1, 0.15) is 27.1 Å². The monoisotopic (exact) mass is 278 g/mol. The van der Waals surface area contributed by atoms with E-state index in [-0.39, 0.29) is 30.1 Å². The molecule has 0 aromatic heterocycles. The molecule has 4 heteroatoms. The fourth-order valence-electron chi connectivity index (χ4n) is 3.12. The first-order valence-corrected chi connectivity index (χ1v) is 7.02. The maximum absolute atomic E-state index is 12.7. The number of hydrogen-bond acceptors (Lipinski definition) is 4. The molecule has 0 fully saturated rings. The number of para-hydroxylation sites is 2. The van der Waals surface area contributed by atoms with Crippen LogP contribution >= 0.6 is 0 Å². The number of carbonyl (C=O) groups excluding carboxylic acids is 2. The topological polar surface area (TPSA) is 58.2 Å². The van der Waals surface area contributed by atoms with E-state index in [9.17, 15) is 9.59 Å². The first-order valence-electron chi connectivity index (χ1n) is 7.02. The van der Waals surface area contributed by atoms with E-state index in [1.807, 2.05) is 24.3 Å². The second-order valence-electron chi connectivity index (χ2n) is 5.46. The maximum atomic E-state index is 12.7. The summed E-state index contributed by atoms with van der Waals surface area (Å²) in [6, 6.07) is 14.9. The van der Waals surface area contributed by atoms with Crippen LogP contribution in [0.25, 0.3) is 0 Å². The van der Waals surface area contributed by atoms with E-state index in [0.29, 0.717) is 11.1 Å². The normalized spacial score (nSPS) is 20.5. The third kappa shape index (κ3) is 1.83. The Morgan fingerprint density at radius 2 is 1.38 bits per heavy atom. The molecule has 0 radical (unpaired) electrons. The molecule has 0 amide bonds. The Hall–Kier alpha value is -2.62. The van der Waals surface area contributed by atoms with Gasteiger partial charge in [0.05, 0.1) is 17.3 Å². The van der Waals surface area contributed by atoms with Gasteiger partial charge in [-0.2, -0.15) is 0 Å². The second-order valence-corrected chi connectivity index (χ2v) is 5.46. The molecule has 0 spiro atoms. The molecule has 4 nitrogen and oxygen atoms in total. The van der Waals surface area contributed by atoms with Crippen molar-refractivity contribution in [3.05, 3.63) is 59.7 Å². The first kappa shape index (κ1) is 12.1. The van der Waals surface area contributed by atoms with Gasteiger partial charge in [0.15, 0.2) is 11.6 Å². The highest BCUT2D eigenvalue weighted by Gasteiger charge is 2.39. The van der Waals surface area contributed by atoms with Gasteiger partial charge in [0, 0.05) is 17.5 Å². The summed E-state index contributed by atoms with van der Waals surface area (Å²) >= 11 is 0. The zero-order chi connectivity index (χ0) is 14.4. The number of fused-ring (bicyclic) bond motifs is 2. The summed E-state index contributed by atoms with van der Waals surface area (Å²) in [7, 11) is 0. The summed E-state index contributed by atoms with van der Waals surface area (Å²) < 4.78 is 0. The molecule has 2 aromatic carbocycles. The number of carbonyl (C=O) groups is 2. The van der Waals surface area contributed by atoms with Gasteiger partial charge in [-0.05, 0) is 12.1 Å². The number of benzene rings is 2. The van der Waals surface area contributed by atoms with Gasteiger partial charge < -0.3 is 10.6 Å². The summed E-state index contributed by atoms with van der Waals surface area (Å²) in [6.45, 7) is 0. The van der Waals surface area contributed by atoms with Gasteiger partial charge in [-0.3, -0.25) is 9.59 Å². The van der Waals surface area contributed by atoms with Crippen molar-refractivity contribution in [3.8, 4) is 0 Å². The Labute approximate surface area is 122 Å². The largest absolute Gasteiger partial charge is 0.363 e. The highest BCUT2D eigenvalue weighted by atomic mass is 16.1. The van der Waals surface area contributed by atoms with E-state index in [2.05, 4.69) is 10.6 Å². The molecular formula is C17H14N2O2. The Bertz CT molecular complexity index is 729. The van der Waals surface area contributed by atoms with Gasteiger partial charge in [-0.25, -0.2) is 0 Å². The van der Waals surface area contributed by atoms with Gasteiger partial charge in [-0.15, -0.1) is 0 Å². The zero-order valence-electron chi connectivity index (χ0n) is 11.3. The maximum Gasteiger partial charge on any atom is 0.171 e. The van der Waals surface area contributed by atoms with E-state index in [1.165, 1.54) is 0 Å². The number of hydrogen-bond donors (Lipinski definition) is 2. The summed E-state index contributed by atoms with van der Waals surface area (Å²) in [6.07, 6.45) is 0.0151. The summed E-state index contributed by atoms with van der Waals surface area (Å²) in [5, 5.41) is 6.60. The molecule has 0 saturated carbocycles. The molecular weight excluding hydrogens is 264 g/mol. The minimum atomic E-state index is -0.375. The lowest BCUT2D eigenvalue weighted by atomic mass is 9.80. The number of Topliss-reactive ketones (excluding diaryl/α,β-unsaturated/α-hetero) is 2. The fourth-order valence-corrected chi connectivity index (χ4v) is 3.12. The Morgan fingerprint density at radius 3 is 2.05 bits per heavy atom. The smallest absolute Gasteiger partial charge is 0.171 e. The molecule has 1 aliphatic heterocycles. The van der Waals surface area contributed by atoms with Crippen LogP contribution in [0, 0.1) is 5.92 Å². The summed E-state index contributed by atoms with van der Waals surface area (Å²) in [4.78, 5) is 24.9. The third-order valence-electron chi connectivity index (χ3n) is 4.19. The molecule has 1 heterocycles. The van der Waals surface area contributed by atoms with Gasteiger partial charge in [0.2, 0.25) is 0 Å². The quantitative estimate of drug-likeness (QED) is 0.842. The van der Waals surface area contributed by atoms with Gasteiger partial charge in [0.1, 0.15) is 6.17 Å². The van der Waals surface area contributed by atoms with Crippen molar-refractivity contribution < 1.29 is 9.59 Å². The van der Waals surface area contributed by atoms with Crippen LogP contribution < -0.4 is 10.6 Å². The van der Waals surface area contributed by atoms with Crippen LogP contribution in [0.3, 0.4) is 0 Å². The van der Waals surface area contributed by atoms with Gasteiger partial charge >= 0.3 is 0 Å². The molecule has 2 N–H and O–H groups in total. The standard InChI is InChI=1S/C17H14N2O2/c20-15-9-12(16(21)11-6-2-1-5-10(11)15)17-18-13-7-3-4-8-14(13)19-17/h1-8,12,17-19H,9H2. The minimum Gasteiger partial charge on any atom is -0.363 e. The van der Waals surface area contributed by atoms with Crippen molar-refractivity contribution in [1.29, 1.82) is 0 Å². The van der Waals surface area contributed by atoms with Crippen LogP contribution in [-0.2, 0) is 0 Å². The highest BCUT2D eigenvalue weighted by molar-refractivity contribution is 6.15. The Balaban J connectivity index is 1.67. The van der Waals surface area contributed by atoms with E-state index in [4.69, 9.17) is 0 Å². The number of anilines is 2. The molecule has 2 aromatic rings. The minimum absolute atomic E-state index is 0.0306. The predicted octanol–water partition coefficient (Wildman–Crippen LogP) is 2.94. The van der Waals surface area contributed by atoms with Crippen LogP contribution in [0.2, 0.25) is 0 Å². The molecule has 1 aliphatic carbocycles. The average Bonchev–Trinajstić information content (AvgIpc) is 2.94. The lowest BCUT2D eigenvalue weighted by Crippen LogP contribution is -2.41. The number of ketones is 2. The molecule has 1 atom stereocenters. The first-order chi connectivity index (χ1) is 10.2. The van der Waals surface area contributed by atoms with E-state index >= 15 is 0 Å². The van der Waals surface area contributed by atoms with E-state index in [1.54, 1.807) is 24.3 Å². The third-order valence-corrected chi connectivity index (χ3v) is 4.19. The lowest BCUT2D eigenvalue weighted by molar-refractivity contribution is 0.0815. The average molecular weight is 278 g/mol. The molecule has 0 bridgehead atoms. The molecule has 2 aliphatic rings. The van der Waals surface area contributed by atoms with Crippen LogP contribution in [0.4, 0.5) is 11.4 Å². The van der Waals surface area contributed by atoms with E-state index < -0.39 is 0 Å². The van der Waals surface area contributed by atoms with E-state index in [0.717, 1.165) is 11.4 Å². The lowest BCUT2D eigenvalue weighted by Gasteiger charge is -2.27. The molecule has 1 unspecified atom stereocenters. The molecule has 104 valence electrons. The van der Waals surface area contributed by atoms with Crippen molar-refractivity contribution in [2.75, 3.05) is 10.6 Å². The highest BCUT2D eigenvalue weighted by Crippen LogP contribution is 2.35. The van der Waals surface area contributed by atoms with Gasteiger partial charge in [0.25, 0.3) is 0 Å². The van der Waals surface area contributed by atoms with Crippen molar-refractivity contribution >= 4 is 22.9 Å². The molecule has 21 heavy (non-hydrogen) atoms. The fraction of sp³-hybridized carbons (Fsp3) is 0.176. The van der Waals surface area contributed by atoms with Gasteiger partial charge in [-0.1, -0.05) is 36.4 Å². The summed E-state index contributed by atoms with van der Waals surface area (Å²) in [5.41, 5.74) is 3.04. The van der Waals surface area contributed by atoms with Crippen molar-refractivity contribution in [2.45, 2.75) is 12.6 Å². The SMILES string of the molecule is O=C1CC(C2Nc3ccccc3N2)C(=O)c2ccccc21. The number of rotatable bonds is 1. The van der Waals surface area contributed by atoms with Crippen molar-refractivity contribution in [2.24, 2.45) is 5.92 Å². The Kier molecular flexibility index (Phi) is 2.57. The van der Waals surface area contributed by atoms with Crippen LogP contribution in [0.15, 0.2) is 48.5 Å². The predicted molar refractivity (Wildman–Crippen MR) is 80.7 cm³/mol. The number of nitrogens with one attached hydrogen (secondary N) is 2. The summed E-state index contributed by atoms with van der Waals surface area (Å²) in [5.74, 6) is -0.308. The van der Waals surface area contributed by atoms with Crippen molar-refractivity contribution in [3.63, 3.8) is 0 Å². The van der Waals surface area contributed by atoms with Crippen LogP contribution in [-0.4, -0.2) is 17.7 Å². The van der Waals surface area contributed by atoms with Crippen LogP contribution in [0.5, 0.6) is 0 Å². The Morgan fingerprint density at radius 1 is 0.810 bits per heavy atom. The molecule has 0 saturated heterocycles. The zero-order valence-corrected chi connectivity index (χ0v) is 11.3.